The molecule has 0 aliphatic rings. The summed E-state index contributed by atoms with van der Waals surface area (Å²) < 4.78 is 0. The van der Waals surface area contributed by atoms with E-state index in [2.05, 4.69) is 0 Å². The van der Waals surface area contributed by atoms with Crippen molar-refractivity contribution < 1.29 is 10.2 Å². The fraction of sp³-hybridized carbons (Fsp3) is 0.571. The molecule has 0 heterocycles. The van der Waals surface area contributed by atoms with Crippen LogP contribution in [0.1, 0.15) is 27.7 Å². The molecule has 2 heteroatoms. The first-order valence-corrected chi connectivity index (χ1v) is 5.70. The zero-order valence-electron chi connectivity index (χ0n) is 10.7. The van der Waals surface area contributed by atoms with Crippen LogP contribution in [0.5, 0.6) is 0 Å². The molecule has 2 N–H and O–H groups in total. The van der Waals surface area contributed by atoms with Gasteiger partial charge in [-0.1, -0.05) is 64.1 Å². The van der Waals surface area contributed by atoms with Crippen LogP contribution in [-0.2, 0) is 0 Å². The van der Waals surface area contributed by atoms with Crippen LogP contribution in [0.2, 0.25) is 0 Å². The number of benzene rings is 1. The maximum absolute atomic E-state index is 9.49. The molecule has 2 nitrogen and oxygen atoms in total. The van der Waals surface area contributed by atoms with Crippen LogP contribution < -0.4 is 0 Å². The van der Waals surface area contributed by atoms with Gasteiger partial charge in [0.25, 0.3) is 0 Å². The van der Waals surface area contributed by atoms with E-state index in [-0.39, 0.29) is 17.9 Å². The smallest absolute Gasteiger partial charge is 0.0635 e. The zero-order valence-corrected chi connectivity index (χ0v) is 10.7. The predicted octanol–water partition coefficient (Wildman–Crippen LogP) is 2.71. The minimum atomic E-state index is -0.419. The van der Waals surface area contributed by atoms with Crippen molar-refractivity contribution in [1.82, 2.24) is 0 Å². The molecule has 0 aliphatic carbocycles. The molecule has 0 bridgehead atoms. The predicted molar refractivity (Wildman–Crippen MR) is 68.2 cm³/mol. The van der Waals surface area contributed by atoms with Gasteiger partial charge in [-0.3, -0.25) is 0 Å². The second kappa shape index (κ2) is 7.42. The summed E-state index contributed by atoms with van der Waals surface area (Å²) in [6.07, 6.45) is -0.419. The van der Waals surface area contributed by atoms with Gasteiger partial charge >= 0.3 is 0 Å². The summed E-state index contributed by atoms with van der Waals surface area (Å²) in [6.45, 7) is 7.64. The minimum absolute atomic E-state index is 0.0341. The van der Waals surface area contributed by atoms with E-state index >= 15 is 0 Å². The van der Waals surface area contributed by atoms with Crippen molar-refractivity contribution >= 4 is 0 Å². The normalized spacial score (nSPS) is 12.9. The monoisotopic (exact) mass is 224 g/mol. The number of aliphatic hydroxyl groups is 2. The summed E-state index contributed by atoms with van der Waals surface area (Å²) >= 11 is 0. The highest BCUT2D eigenvalue weighted by Gasteiger charge is 2.28. The van der Waals surface area contributed by atoms with E-state index in [1.54, 1.807) is 0 Å². The average molecular weight is 224 g/mol. The Balaban J connectivity index is 0.000000315. The molecular weight excluding hydrogens is 200 g/mol. The summed E-state index contributed by atoms with van der Waals surface area (Å²) in [6, 6.07) is 12.0. The molecule has 0 saturated carbocycles. The molecule has 0 amide bonds. The lowest BCUT2D eigenvalue weighted by molar-refractivity contribution is -0.0204. The van der Waals surface area contributed by atoms with Gasteiger partial charge in [-0.2, -0.15) is 0 Å². The van der Waals surface area contributed by atoms with Crippen LogP contribution >= 0.6 is 0 Å². The van der Waals surface area contributed by atoms with Crippen molar-refractivity contribution in [1.29, 1.82) is 0 Å². The third-order valence-electron chi connectivity index (χ3n) is 2.51. The second-order valence-electron chi connectivity index (χ2n) is 4.99. The fourth-order valence-corrected chi connectivity index (χ4v) is 1.38. The molecule has 0 aromatic heterocycles. The summed E-state index contributed by atoms with van der Waals surface area (Å²) in [4.78, 5) is 0. The Kier molecular flexibility index (Phi) is 7.02. The molecule has 92 valence electrons. The van der Waals surface area contributed by atoms with Crippen molar-refractivity contribution in [2.75, 3.05) is 6.61 Å². The fourth-order valence-electron chi connectivity index (χ4n) is 1.38. The molecule has 0 radical (unpaired) electrons. The van der Waals surface area contributed by atoms with Gasteiger partial charge in [0.15, 0.2) is 0 Å². The highest BCUT2D eigenvalue weighted by molar-refractivity contribution is 4.99. The molecule has 16 heavy (non-hydrogen) atoms. The van der Waals surface area contributed by atoms with Crippen molar-refractivity contribution in [3.63, 3.8) is 0 Å². The van der Waals surface area contributed by atoms with Crippen molar-refractivity contribution in [3.8, 4) is 0 Å². The number of hydrogen-bond donors (Lipinski definition) is 2. The Morgan fingerprint density at radius 3 is 1.38 bits per heavy atom. The van der Waals surface area contributed by atoms with Crippen LogP contribution in [-0.4, -0.2) is 22.9 Å². The first kappa shape index (κ1) is 15.1. The third-order valence-corrected chi connectivity index (χ3v) is 2.51. The Hall–Kier alpha value is -0.860. The first-order chi connectivity index (χ1) is 7.41. The van der Waals surface area contributed by atoms with Gasteiger partial charge in [0, 0.05) is 5.41 Å². The molecule has 0 aliphatic heterocycles. The van der Waals surface area contributed by atoms with E-state index in [4.69, 9.17) is 5.11 Å². The maximum atomic E-state index is 9.49. The number of hydrogen-bond acceptors (Lipinski definition) is 2. The average Bonchev–Trinajstić information content (AvgIpc) is 2.31. The molecule has 1 aromatic rings. The Morgan fingerprint density at radius 2 is 1.25 bits per heavy atom. The van der Waals surface area contributed by atoms with Crippen LogP contribution in [0.25, 0.3) is 0 Å². The molecule has 1 unspecified atom stereocenters. The van der Waals surface area contributed by atoms with E-state index in [0.717, 1.165) is 0 Å². The minimum Gasteiger partial charge on any atom is -0.396 e. The van der Waals surface area contributed by atoms with Gasteiger partial charge in [0.1, 0.15) is 0 Å². The Bertz CT molecular complexity index is 228. The van der Waals surface area contributed by atoms with Crippen LogP contribution in [0.3, 0.4) is 0 Å². The molecule has 1 atom stereocenters. The summed E-state index contributed by atoms with van der Waals surface area (Å²) in [5.74, 6) is 0.210. The summed E-state index contributed by atoms with van der Waals surface area (Å²) in [5.41, 5.74) is -0.367. The number of aliphatic hydroxyl groups excluding tert-OH is 2. The molecule has 0 spiro atoms. The van der Waals surface area contributed by atoms with Crippen LogP contribution in [0.4, 0.5) is 0 Å². The summed E-state index contributed by atoms with van der Waals surface area (Å²) in [7, 11) is 0. The van der Waals surface area contributed by atoms with Crippen LogP contribution in [0, 0.1) is 11.3 Å². The van der Waals surface area contributed by atoms with Gasteiger partial charge in [0.2, 0.25) is 0 Å². The molecular formula is C14H24O2. The highest BCUT2D eigenvalue weighted by Crippen LogP contribution is 2.24. The van der Waals surface area contributed by atoms with Crippen molar-refractivity contribution in [3.05, 3.63) is 36.4 Å². The zero-order chi connectivity index (χ0) is 12.6. The van der Waals surface area contributed by atoms with E-state index < -0.39 is 6.10 Å². The van der Waals surface area contributed by atoms with Gasteiger partial charge in [-0.15, -0.1) is 0 Å². The van der Waals surface area contributed by atoms with Crippen molar-refractivity contribution in [2.45, 2.75) is 33.8 Å². The lowest BCUT2D eigenvalue weighted by Gasteiger charge is -2.30. The largest absolute Gasteiger partial charge is 0.396 e. The van der Waals surface area contributed by atoms with Crippen LogP contribution in [0.15, 0.2) is 36.4 Å². The first-order valence-electron chi connectivity index (χ1n) is 5.70. The maximum Gasteiger partial charge on any atom is 0.0635 e. The van der Waals surface area contributed by atoms with E-state index in [0.29, 0.717) is 0 Å². The topological polar surface area (TPSA) is 40.5 Å². The lowest BCUT2D eigenvalue weighted by Crippen LogP contribution is -2.36. The summed E-state index contributed by atoms with van der Waals surface area (Å²) in [5, 5.41) is 18.3. The van der Waals surface area contributed by atoms with E-state index in [1.807, 2.05) is 64.1 Å². The van der Waals surface area contributed by atoms with Gasteiger partial charge in [-0.25, -0.2) is 0 Å². The molecule has 0 fully saturated rings. The lowest BCUT2D eigenvalue weighted by atomic mass is 9.82. The van der Waals surface area contributed by atoms with E-state index in [1.165, 1.54) is 0 Å². The highest BCUT2D eigenvalue weighted by atomic mass is 16.3. The SMILES string of the molecule is CC(C)C(O)C(C)(C)CO.c1ccccc1. The standard InChI is InChI=1S/C8H18O2.C6H6/c1-6(2)7(10)8(3,4)5-9;1-2-4-6-5-3-1/h6-7,9-10H,5H2,1-4H3;1-6H. The third kappa shape index (κ3) is 5.89. The quantitative estimate of drug-likeness (QED) is 0.828. The molecule has 1 aromatic carbocycles. The van der Waals surface area contributed by atoms with E-state index in [9.17, 15) is 5.11 Å². The second-order valence-corrected chi connectivity index (χ2v) is 4.99. The number of rotatable bonds is 3. The molecule has 0 saturated heterocycles. The van der Waals surface area contributed by atoms with Crippen molar-refractivity contribution in [2.24, 2.45) is 11.3 Å². The molecule has 1 rings (SSSR count). The van der Waals surface area contributed by atoms with Gasteiger partial charge in [0.05, 0.1) is 12.7 Å². The Labute approximate surface area is 98.9 Å². The van der Waals surface area contributed by atoms with Gasteiger partial charge < -0.3 is 10.2 Å². The Morgan fingerprint density at radius 1 is 0.938 bits per heavy atom. The van der Waals surface area contributed by atoms with Gasteiger partial charge in [-0.05, 0) is 5.92 Å².